The molecule has 1 saturated carbocycles. The van der Waals surface area contributed by atoms with Crippen LogP contribution in [0.2, 0.25) is 0 Å². The van der Waals surface area contributed by atoms with Gasteiger partial charge in [0.25, 0.3) is 0 Å². The lowest BCUT2D eigenvalue weighted by Crippen LogP contribution is -2.38. The van der Waals surface area contributed by atoms with E-state index in [1.54, 1.807) is 7.11 Å². The van der Waals surface area contributed by atoms with Crippen molar-refractivity contribution in [2.24, 2.45) is 5.73 Å². The molecule has 0 spiro atoms. The quantitative estimate of drug-likeness (QED) is 0.835. The van der Waals surface area contributed by atoms with Crippen molar-refractivity contribution in [1.29, 1.82) is 0 Å². The van der Waals surface area contributed by atoms with Gasteiger partial charge >= 0.3 is 0 Å². The van der Waals surface area contributed by atoms with Crippen molar-refractivity contribution in [3.05, 3.63) is 34.1 Å². The fourth-order valence-corrected chi connectivity index (χ4v) is 2.74. The van der Waals surface area contributed by atoms with E-state index in [2.05, 4.69) is 20.8 Å². The summed E-state index contributed by atoms with van der Waals surface area (Å²) in [7, 11) is 1.68. The predicted molar refractivity (Wildman–Crippen MR) is 77.5 cm³/mol. The first-order chi connectivity index (χ1) is 9.17. The third kappa shape index (κ3) is 3.75. The lowest BCUT2D eigenvalue weighted by molar-refractivity contribution is 0.114. The summed E-state index contributed by atoms with van der Waals surface area (Å²) in [6.45, 7) is 1.85. The molecule has 0 aliphatic heterocycles. The Balaban J connectivity index is 2.20. The van der Waals surface area contributed by atoms with Gasteiger partial charge in [0, 0.05) is 36.3 Å². The molecule has 2 rings (SSSR count). The van der Waals surface area contributed by atoms with Crippen LogP contribution in [-0.2, 0) is 4.74 Å². The Labute approximate surface area is 122 Å². The maximum Gasteiger partial charge on any atom is 0.129 e. The molecule has 0 saturated heterocycles. The third-order valence-corrected chi connectivity index (χ3v) is 4.01. The summed E-state index contributed by atoms with van der Waals surface area (Å²) >= 11 is 3.28. The van der Waals surface area contributed by atoms with Gasteiger partial charge in [0.05, 0.1) is 12.6 Å². The molecule has 0 bridgehead atoms. The molecular weight excluding hydrogens is 311 g/mol. The molecule has 0 amide bonds. The van der Waals surface area contributed by atoms with Crippen molar-refractivity contribution >= 4 is 15.9 Å². The van der Waals surface area contributed by atoms with E-state index in [1.807, 2.05) is 12.1 Å². The van der Waals surface area contributed by atoms with Gasteiger partial charge in [-0.25, -0.2) is 4.39 Å². The van der Waals surface area contributed by atoms with Crippen LogP contribution in [0.1, 0.15) is 24.4 Å². The topological polar surface area (TPSA) is 38.5 Å². The average molecular weight is 331 g/mol. The van der Waals surface area contributed by atoms with Crippen molar-refractivity contribution in [2.75, 3.05) is 26.8 Å². The molecule has 3 nitrogen and oxygen atoms in total. The van der Waals surface area contributed by atoms with Crippen molar-refractivity contribution < 1.29 is 9.13 Å². The van der Waals surface area contributed by atoms with Crippen molar-refractivity contribution in [3.63, 3.8) is 0 Å². The Morgan fingerprint density at radius 3 is 2.79 bits per heavy atom. The second-order valence-electron chi connectivity index (χ2n) is 4.88. The number of hydrogen-bond donors (Lipinski definition) is 1. The van der Waals surface area contributed by atoms with Crippen LogP contribution in [0.25, 0.3) is 0 Å². The van der Waals surface area contributed by atoms with Crippen LogP contribution in [-0.4, -0.2) is 37.7 Å². The minimum atomic E-state index is -0.201. The largest absolute Gasteiger partial charge is 0.383 e. The Hall–Kier alpha value is -0.490. The maximum atomic E-state index is 14.1. The van der Waals surface area contributed by atoms with Crippen LogP contribution >= 0.6 is 15.9 Å². The van der Waals surface area contributed by atoms with Crippen LogP contribution in [0.15, 0.2) is 22.7 Å². The Morgan fingerprint density at radius 2 is 2.26 bits per heavy atom. The summed E-state index contributed by atoms with van der Waals surface area (Å²) in [5, 5.41) is 0. The molecule has 1 aromatic carbocycles. The van der Waals surface area contributed by atoms with Crippen LogP contribution in [0, 0.1) is 5.82 Å². The van der Waals surface area contributed by atoms with Gasteiger partial charge < -0.3 is 10.5 Å². The molecular formula is C14H20BrFN2O. The van der Waals surface area contributed by atoms with Gasteiger partial charge in [0.2, 0.25) is 0 Å². The zero-order valence-corrected chi connectivity index (χ0v) is 12.7. The Kier molecular flexibility index (Phi) is 5.33. The molecule has 0 heterocycles. The molecule has 1 atom stereocenters. The Morgan fingerprint density at radius 1 is 1.53 bits per heavy atom. The highest BCUT2D eigenvalue weighted by Crippen LogP contribution is 2.35. The first kappa shape index (κ1) is 14.9. The summed E-state index contributed by atoms with van der Waals surface area (Å²) in [6, 6.07) is 5.63. The number of halogens is 2. The fourth-order valence-electron chi connectivity index (χ4n) is 2.41. The number of benzene rings is 1. The molecule has 1 unspecified atom stereocenters. The number of ether oxygens (including phenoxy) is 1. The maximum absolute atomic E-state index is 14.1. The van der Waals surface area contributed by atoms with E-state index in [-0.39, 0.29) is 11.9 Å². The minimum absolute atomic E-state index is 0.0734. The molecule has 1 aliphatic carbocycles. The fraction of sp³-hybridized carbons (Fsp3) is 0.571. The zero-order valence-electron chi connectivity index (χ0n) is 11.1. The molecule has 0 aromatic heterocycles. The van der Waals surface area contributed by atoms with Gasteiger partial charge in [0.1, 0.15) is 5.82 Å². The van der Waals surface area contributed by atoms with Gasteiger partial charge in [-0.05, 0) is 25.0 Å². The van der Waals surface area contributed by atoms with Gasteiger partial charge in [-0.3, -0.25) is 4.90 Å². The van der Waals surface area contributed by atoms with Gasteiger partial charge in [0.15, 0.2) is 0 Å². The summed E-state index contributed by atoms with van der Waals surface area (Å²) in [4.78, 5) is 2.27. The van der Waals surface area contributed by atoms with E-state index in [0.29, 0.717) is 24.8 Å². The molecule has 19 heavy (non-hydrogen) atoms. The van der Waals surface area contributed by atoms with E-state index in [0.717, 1.165) is 11.0 Å². The molecule has 1 fully saturated rings. The number of methoxy groups -OCH3 is 1. The number of rotatable bonds is 7. The second kappa shape index (κ2) is 6.79. The van der Waals surface area contributed by atoms with Crippen molar-refractivity contribution in [2.45, 2.75) is 24.9 Å². The number of nitrogens with two attached hydrogens (primary N) is 1. The van der Waals surface area contributed by atoms with E-state index >= 15 is 0 Å². The highest BCUT2D eigenvalue weighted by Gasteiger charge is 2.34. The summed E-state index contributed by atoms with van der Waals surface area (Å²) < 4.78 is 20.0. The van der Waals surface area contributed by atoms with Crippen LogP contribution in [0.5, 0.6) is 0 Å². The SMILES string of the molecule is COCCN(C1CC1)C(CN)c1ccc(Br)cc1F. The molecule has 2 N–H and O–H groups in total. The summed E-state index contributed by atoms with van der Waals surface area (Å²) in [5.41, 5.74) is 6.56. The standard InChI is InChI=1S/C14H20BrFN2O/c1-19-7-6-18(11-3-4-11)14(9-17)12-5-2-10(15)8-13(12)16/h2,5,8,11,14H,3-4,6-7,9,17H2,1H3. The smallest absolute Gasteiger partial charge is 0.129 e. The van der Waals surface area contributed by atoms with Crippen molar-refractivity contribution in [1.82, 2.24) is 4.90 Å². The highest BCUT2D eigenvalue weighted by atomic mass is 79.9. The van der Waals surface area contributed by atoms with Crippen LogP contribution < -0.4 is 5.73 Å². The lowest BCUT2D eigenvalue weighted by atomic mass is 10.0. The van der Waals surface area contributed by atoms with Crippen molar-refractivity contribution in [3.8, 4) is 0 Å². The number of hydrogen-bond acceptors (Lipinski definition) is 3. The zero-order chi connectivity index (χ0) is 13.8. The second-order valence-corrected chi connectivity index (χ2v) is 5.79. The molecule has 0 radical (unpaired) electrons. The average Bonchev–Trinajstić information content (AvgIpc) is 3.20. The predicted octanol–water partition coefficient (Wildman–Crippen LogP) is 2.70. The highest BCUT2D eigenvalue weighted by molar-refractivity contribution is 9.10. The van der Waals surface area contributed by atoms with E-state index in [9.17, 15) is 4.39 Å². The normalized spacial score (nSPS) is 16.9. The first-order valence-corrected chi connectivity index (χ1v) is 7.36. The van der Waals surface area contributed by atoms with Gasteiger partial charge in [-0.15, -0.1) is 0 Å². The van der Waals surface area contributed by atoms with E-state index < -0.39 is 0 Å². The summed E-state index contributed by atoms with van der Waals surface area (Å²) in [6.07, 6.45) is 2.33. The molecule has 5 heteroatoms. The first-order valence-electron chi connectivity index (χ1n) is 6.57. The Bertz CT molecular complexity index is 426. The van der Waals surface area contributed by atoms with Crippen LogP contribution in [0.3, 0.4) is 0 Å². The monoisotopic (exact) mass is 330 g/mol. The molecule has 106 valence electrons. The van der Waals surface area contributed by atoms with E-state index in [1.165, 1.54) is 18.9 Å². The molecule has 1 aromatic rings. The lowest BCUT2D eigenvalue weighted by Gasteiger charge is -2.31. The van der Waals surface area contributed by atoms with Gasteiger partial charge in [-0.2, -0.15) is 0 Å². The summed E-state index contributed by atoms with van der Waals surface area (Å²) in [5.74, 6) is -0.201. The van der Waals surface area contributed by atoms with Gasteiger partial charge in [-0.1, -0.05) is 22.0 Å². The van der Waals surface area contributed by atoms with Crippen LogP contribution in [0.4, 0.5) is 4.39 Å². The van der Waals surface area contributed by atoms with E-state index in [4.69, 9.17) is 10.5 Å². The minimum Gasteiger partial charge on any atom is -0.383 e. The molecule has 1 aliphatic rings. The number of nitrogens with zero attached hydrogens (tertiary/aromatic N) is 1. The third-order valence-electron chi connectivity index (χ3n) is 3.51.